The minimum Gasteiger partial charge on any atom is -0.397 e. The number of nitrogen functional groups attached to an aromatic ring is 1. The summed E-state index contributed by atoms with van der Waals surface area (Å²) in [5.74, 6) is 0.221. The van der Waals surface area contributed by atoms with Crippen molar-refractivity contribution in [3.05, 3.63) is 18.2 Å². The maximum atomic E-state index is 11.7. The van der Waals surface area contributed by atoms with Gasteiger partial charge >= 0.3 is 0 Å². The Bertz CT molecular complexity index is 589. The van der Waals surface area contributed by atoms with Gasteiger partial charge < -0.3 is 16.2 Å². The van der Waals surface area contributed by atoms with Crippen LogP contribution in [0, 0.1) is 5.92 Å². The molecule has 0 radical (unpaired) electrons. The number of nitrogens with two attached hydrogens (primary N) is 1. The minimum absolute atomic E-state index is 0.144. The molecule has 0 saturated heterocycles. The third kappa shape index (κ3) is 3.87. The van der Waals surface area contributed by atoms with Crippen molar-refractivity contribution < 1.29 is 13.5 Å². The van der Waals surface area contributed by atoms with Crippen LogP contribution >= 0.6 is 0 Å². The summed E-state index contributed by atoms with van der Waals surface area (Å²) in [5.41, 5.74) is 6.99. The van der Waals surface area contributed by atoms with Gasteiger partial charge in [0.1, 0.15) is 0 Å². The summed E-state index contributed by atoms with van der Waals surface area (Å²) in [7, 11) is -2.12. The number of sulfonamides is 1. The van der Waals surface area contributed by atoms with Crippen LogP contribution in [-0.4, -0.2) is 33.2 Å². The van der Waals surface area contributed by atoms with E-state index in [1.165, 1.54) is 19.2 Å². The van der Waals surface area contributed by atoms with Crippen molar-refractivity contribution in [1.29, 1.82) is 0 Å². The molecule has 6 nitrogen and oxygen atoms in total. The molecule has 21 heavy (non-hydrogen) atoms. The van der Waals surface area contributed by atoms with Crippen LogP contribution in [0.25, 0.3) is 0 Å². The number of hydrogen-bond donors (Lipinski definition) is 4. The van der Waals surface area contributed by atoms with Crippen LogP contribution in [0.1, 0.15) is 25.7 Å². The van der Waals surface area contributed by atoms with Crippen molar-refractivity contribution in [1.82, 2.24) is 4.72 Å². The highest BCUT2D eigenvalue weighted by atomic mass is 32.2. The van der Waals surface area contributed by atoms with Crippen LogP contribution in [0.15, 0.2) is 23.1 Å². The maximum absolute atomic E-state index is 11.7. The summed E-state index contributed by atoms with van der Waals surface area (Å²) in [6.07, 6.45) is 3.80. The molecule has 5 N–H and O–H groups in total. The van der Waals surface area contributed by atoms with Crippen LogP contribution in [0.5, 0.6) is 0 Å². The van der Waals surface area contributed by atoms with Crippen LogP contribution < -0.4 is 15.8 Å². The molecule has 1 aromatic carbocycles. The third-order valence-electron chi connectivity index (χ3n) is 4.03. The number of aliphatic hydroxyl groups is 1. The van der Waals surface area contributed by atoms with Gasteiger partial charge in [0, 0.05) is 12.5 Å². The second-order valence-corrected chi connectivity index (χ2v) is 7.34. The van der Waals surface area contributed by atoms with Gasteiger partial charge in [-0.3, -0.25) is 0 Å². The Hall–Kier alpha value is -1.31. The molecule has 0 aliphatic heterocycles. The van der Waals surface area contributed by atoms with Crippen LogP contribution in [0.3, 0.4) is 0 Å². The lowest BCUT2D eigenvalue weighted by Crippen LogP contribution is -2.30. The standard InChI is InChI=1S/C14H23N3O3S/c1-16-21(19,20)11-6-7-13(12(15)8-11)17-9-10-4-2-3-5-14(10)18/h6-8,10,14,16-18H,2-5,9,15H2,1H3. The third-order valence-corrected chi connectivity index (χ3v) is 5.44. The van der Waals surface area contributed by atoms with Crippen LogP contribution in [0.4, 0.5) is 11.4 Å². The molecule has 1 saturated carbocycles. The summed E-state index contributed by atoms with van der Waals surface area (Å²) in [5, 5.41) is 13.1. The summed E-state index contributed by atoms with van der Waals surface area (Å²) in [6.45, 7) is 0.642. The molecule has 1 aromatic rings. The molecular formula is C14H23N3O3S. The molecule has 2 unspecified atom stereocenters. The summed E-state index contributed by atoms with van der Waals surface area (Å²) < 4.78 is 25.6. The van der Waals surface area contributed by atoms with Crippen molar-refractivity contribution in [2.75, 3.05) is 24.6 Å². The van der Waals surface area contributed by atoms with Gasteiger partial charge in [0.15, 0.2) is 0 Å². The van der Waals surface area contributed by atoms with E-state index in [1.807, 2.05) is 0 Å². The van der Waals surface area contributed by atoms with Crippen molar-refractivity contribution in [3.63, 3.8) is 0 Å². The second-order valence-electron chi connectivity index (χ2n) is 5.45. The topological polar surface area (TPSA) is 104 Å². The highest BCUT2D eigenvalue weighted by molar-refractivity contribution is 7.89. The zero-order valence-electron chi connectivity index (χ0n) is 12.2. The largest absolute Gasteiger partial charge is 0.397 e. The van der Waals surface area contributed by atoms with Crippen molar-refractivity contribution in [3.8, 4) is 0 Å². The van der Waals surface area contributed by atoms with E-state index in [1.54, 1.807) is 6.07 Å². The lowest BCUT2D eigenvalue weighted by Gasteiger charge is -2.28. The van der Waals surface area contributed by atoms with Crippen LogP contribution in [0.2, 0.25) is 0 Å². The Morgan fingerprint density at radius 2 is 2.05 bits per heavy atom. The summed E-state index contributed by atoms with van der Waals surface area (Å²) in [4.78, 5) is 0.144. The molecule has 2 rings (SSSR count). The summed E-state index contributed by atoms with van der Waals surface area (Å²) >= 11 is 0. The lowest BCUT2D eigenvalue weighted by atomic mass is 9.86. The van der Waals surface area contributed by atoms with Crippen molar-refractivity contribution in [2.45, 2.75) is 36.7 Å². The van der Waals surface area contributed by atoms with Crippen molar-refractivity contribution in [2.24, 2.45) is 5.92 Å². The molecule has 0 spiro atoms. The number of hydrogen-bond acceptors (Lipinski definition) is 5. The number of aliphatic hydroxyl groups excluding tert-OH is 1. The number of anilines is 2. The SMILES string of the molecule is CNS(=O)(=O)c1ccc(NCC2CCCCC2O)c(N)c1. The molecule has 1 aliphatic rings. The van der Waals surface area contributed by atoms with Gasteiger partial charge in [0.2, 0.25) is 10.0 Å². The fraction of sp³-hybridized carbons (Fsp3) is 0.571. The zero-order chi connectivity index (χ0) is 15.5. The van der Waals surface area contributed by atoms with Gasteiger partial charge in [-0.1, -0.05) is 12.8 Å². The van der Waals surface area contributed by atoms with Crippen LogP contribution in [-0.2, 0) is 10.0 Å². The van der Waals surface area contributed by atoms with Gasteiger partial charge in [-0.15, -0.1) is 0 Å². The van der Waals surface area contributed by atoms with Gasteiger partial charge in [-0.05, 0) is 38.1 Å². The molecule has 7 heteroatoms. The number of rotatable bonds is 5. The van der Waals surface area contributed by atoms with E-state index in [9.17, 15) is 13.5 Å². The molecular weight excluding hydrogens is 290 g/mol. The second kappa shape index (κ2) is 6.64. The average molecular weight is 313 g/mol. The fourth-order valence-corrected chi connectivity index (χ4v) is 3.42. The lowest BCUT2D eigenvalue weighted by molar-refractivity contribution is 0.0763. The Labute approximate surface area is 125 Å². The predicted octanol–water partition coefficient (Wildman–Crippen LogP) is 1.14. The van der Waals surface area contributed by atoms with E-state index >= 15 is 0 Å². The number of nitrogens with one attached hydrogen (secondary N) is 2. The average Bonchev–Trinajstić information content (AvgIpc) is 2.47. The normalized spacial score (nSPS) is 23.0. The maximum Gasteiger partial charge on any atom is 0.240 e. The van der Waals surface area contributed by atoms with E-state index in [0.29, 0.717) is 17.9 Å². The first-order valence-corrected chi connectivity index (χ1v) is 8.67. The van der Waals surface area contributed by atoms with Gasteiger partial charge in [0.05, 0.1) is 22.4 Å². The molecule has 0 heterocycles. The molecule has 2 atom stereocenters. The molecule has 1 aliphatic carbocycles. The molecule has 118 valence electrons. The first-order valence-electron chi connectivity index (χ1n) is 7.19. The fourth-order valence-electron chi connectivity index (χ4n) is 2.65. The Morgan fingerprint density at radius 1 is 1.33 bits per heavy atom. The quantitative estimate of drug-likeness (QED) is 0.610. The minimum atomic E-state index is -3.48. The van der Waals surface area contributed by atoms with E-state index in [4.69, 9.17) is 5.73 Å². The van der Waals surface area contributed by atoms with E-state index in [0.717, 1.165) is 25.7 Å². The van der Waals surface area contributed by atoms with Crippen molar-refractivity contribution >= 4 is 21.4 Å². The predicted molar refractivity (Wildman–Crippen MR) is 83.6 cm³/mol. The molecule has 0 amide bonds. The Balaban J connectivity index is 2.04. The zero-order valence-corrected chi connectivity index (χ0v) is 13.0. The smallest absolute Gasteiger partial charge is 0.240 e. The number of benzene rings is 1. The first-order chi connectivity index (χ1) is 9.94. The van der Waals surface area contributed by atoms with E-state index in [2.05, 4.69) is 10.0 Å². The van der Waals surface area contributed by atoms with E-state index < -0.39 is 10.0 Å². The molecule has 0 aromatic heterocycles. The van der Waals surface area contributed by atoms with E-state index in [-0.39, 0.29) is 16.9 Å². The monoisotopic (exact) mass is 313 g/mol. The summed E-state index contributed by atoms with van der Waals surface area (Å²) in [6, 6.07) is 4.61. The van der Waals surface area contributed by atoms with Gasteiger partial charge in [-0.25, -0.2) is 13.1 Å². The Morgan fingerprint density at radius 3 is 2.67 bits per heavy atom. The highest BCUT2D eigenvalue weighted by Gasteiger charge is 2.23. The van der Waals surface area contributed by atoms with Gasteiger partial charge in [0.25, 0.3) is 0 Å². The first kappa shape index (κ1) is 16.1. The van der Waals surface area contributed by atoms with Gasteiger partial charge in [-0.2, -0.15) is 0 Å². The highest BCUT2D eigenvalue weighted by Crippen LogP contribution is 2.27. The molecule has 0 bridgehead atoms. The Kier molecular flexibility index (Phi) is 5.08. The molecule has 1 fully saturated rings.